The van der Waals surface area contributed by atoms with Gasteiger partial charge in [0, 0.05) is 64.6 Å². The van der Waals surface area contributed by atoms with Crippen LogP contribution < -0.4 is 19.3 Å². The zero-order chi connectivity index (χ0) is 44.4. The Labute approximate surface area is 376 Å². The molecule has 0 atom stereocenters. The summed E-state index contributed by atoms with van der Waals surface area (Å²) in [5.41, 5.74) is 7.84. The first kappa shape index (κ1) is 46.2. The molecule has 2 aliphatic heterocycles. The number of morpholine rings is 2. The van der Waals surface area contributed by atoms with Gasteiger partial charge in [-0.25, -0.2) is 9.13 Å². The average Bonchev–Trinajstić information content (AvgIpc) is 3.90. The highest BCUT2D eigenvalue weighted by molar-refractivity contribution is 5.94. The number of aromatic nitrogens is 4. The zero-order valence-electron chi connectivity index (χ0n) is 37.3. The summed E-state index contributed by atoms with van der Waals surface area (Å²) in [6.07, 6.45) is 6.39. The number of anilines is 2. The topological polar surface area (TPSA) is 132 Å². The molecule has 2 aromatic heterocycles. The van der Waals surface area contributed by atoms with Crippen molar-refractivity contribution >= 4 is 45.3 Å². The van der Waals surface area contributed by atoms with Gasteiger partial charge in [-0.1, -0.05) is 60.7 Å². The molecular weight excluding hydrogens is 813 g/mol. The number of rotatable bonds is 20. The van der Waals surface area contributed by atoms with E-state index in [1.807, 2.05) is 72.8 Å². The summed E-state index contributed by atoms with van der Waals surface area (Å²) in [5.74, 6) is 0.0132. The first-order chi connectivity index (χ1) is 31.5. The molecule has 2 saturated heterocycles. The van der Waals surface area contributed by atoms with Crippen molar-refractivity contribution in [3.8, 4) is 12.0 Å². The van der Waals surface area contributed by atoms with Gasteiger partial charge >= 0.3 is 12.0 Å². The standard InChI is InChI=1S/2C25H31N3O4/c1-30-17-18-32-25-26-22-19-21(27-13-15-31-16-14-27)11-12-23(22)28(25)24(29)10-6-5-9-20-7-3-2-4-8-20;1-30-17-18-32-25-26-22-12-11-21(27-13-15-31-16-14-27)19-23(22)28(25)24(29)10-6-5-9-20-7-3-2-4-8-20/h2*2-4,7-8,11-12,19H,5-6,9-10,13-18H2,1H3. The van der Waals surface area contributed by atoms with Crippen molar-refractivity contribution in [2.45, 2.75) is 51.4 Å². The molecule has 4 heterocycles. The number of ether oxygens (including phenoxy) is 6. The minimum Gasteiger partial charge on any atom is -0.462 e. The molecule has 2 aliphatic rings. The highest BCUT2D eigenvalue weighted by atomic mass is 16.5. The van der Waals surface area contributed by atoms with Crippen molar-refractivity contribution in [3.63, 3.8) is 0 Å². The molecule has 14 nitrogen and oxygen atoms in total. The fourth-order valence-electron chi connectivity index (χ4n) is 7.96. The number of unbranched alkanes of at least 4 members (excludes halogenated alkanes) is 2. The minimum absolute atomic E-state index is 0.00658. The number of fused-ring (bicyclic) bond motifs is 2. The summed E-state index contributed by atoms with van der Waals surface area (Å²) in [4.78, 5) is 40.2. The molecule has 0 bridgehead atoms. The van der Waals surface area contributed by atoms with E-state index >= 15 is 0 Å². The van der Waals surface area contributed by atoms with Gasteiger partial charge in [0.05, 0.1) is 61.7 Å². The summed E-state index contributed by atoms with van der Waals surface area (Å²) in [7, 11) is 3.25. The molecule has 0 radical (unpaired) electrons. The number of imidazole rings is 2. The number of methoxy groups -OCH3 is 2. The van der Waals surface area contributed by atoms with Crippen LogP contribution >= 0.6 is 0 Å². The Kier molecular flexibility index (Phi) is 17.6. The third kappa shape index (κ3) is 12.7. The molecule has 4 aromatic carbocycles. The predicted octanol–water partition coefficient (Wildman–Crippen LogP) is 7.90. The lowest BCUT2D eigenvalue weighted by Gasteiger charge is -2.28. The van der Waals surface area contributed by atoms with Crippen LogP contribution in [0.1, 0.15) is 59.2 Å². The predicted molar refractivity (Wildman–Crippen MR) is 250 cm³/mol. The molecule has 0 amide bonds. The molecule has 0 saturated carbocycles. The van der Waals surface area contributed by atoms with Crippen LogP contribution in [-0.4, -0.2) is 124 Å². The van der Waals surface area contributed by atoms with E-state index in [0.717, 1.165) is 111 Å². The van der Waals surface area contributed by atoms with Gasteiger partial charge in [0.25, 0.3) is 0 Å². The number of hydrogen-bond acceptors (Lipinski definition) is 12. The minimum atomic E-state index is 0.00658. The second-order valence-electron chi connectivity index (χ2n) is 15.9. The van der Waals surface area contributed by atoms with Crippen LogP contribution in [0.4, 0.5) is 11.4 Å². The van der Waals surface area contributed by atoms with Crippen LogP contribution in [-0.2, 0) is 31.8 Å². The van der Waals surface area contributed by atoms with E-state index in [4.69, 9.17) is 28.4 Å². The highest BCUT2D eigenvalue weighted by Crippen LogP contribution is 2.29. The Morgan fingerprint density at radius 2 is 1.00 bits per heavy atom. The maximum absolute atomic E-state index is 13.3. The SMILES string of the molecule is COCCOc1nc2cc(N3CCOCC3)ccc2n1C(=O)CCCCc1ccccc1.COCCOc1nc2ccc(N3CCOCC3)cc2n1C(=O)CCCCc1ccccc1. The van der Waals surface area contributed by atoms with E-state index in [1.54, 1.807) is 23.4 Å². The van der Waals surface area contributed by atoms with E-state index in [-0.39, 0.29) is 11.8 Å². The third-order valence-corrected chi connectivity index (χ3v) is 11.4. The van der Waals surface area contributed by atoms with Gasteiger partial charge in [0.2, 0.25) is 11.8 Å². The Morgan fingerprint density at radius 1 is 0.531 bits per heavy atom. The Balaban J connectivity index is 0.000000191. The fraction of sp³-hybridized carbons (Fsp3) is 0.440. The monoisotopic (exact) mass is 874 g/mol. The van der Waals surface area contributed by atoms with E-state index in [0.29, 0.717) is 64.5 Å². The summed E-state index contributed by atoms with van der Waals surface area (Å²) in [5, 5.41) is 0. The largest absolute Gasteiger partial charge is 0.462 e. The molecule has 8 rings (SSSR count). The third-order valence-electron chi connectivity index (χ3n) is 11.4. The Hall–Kier alpha value is -5.80. The second kappa shape index (κ2) is 24.3. The van der Waals surface area contributed by atoms with Crippen LogP contribution in [0, 0.1) is 0 Å². The molecule has 14 heteroatoms. The van der Waals surface area contributed by atoms with Gasteiger partial charge < -0.3 is 38.2 Å². The number of benzene rings is 4. The van der Waals surface area contributed by atoms with Gasteiger partial charge in [-0.15, -0.1) is 0 Å². The molecule has 2 fully saturated rings. The second-order valence-corrected chi connectivity index (χ2v) is 15.9. The van der Waals surface area contributed by atoms with Crippen molar-refractivity contribution in [1.29, 1.82) is 0 Å². The average molecular weight is 875 g/mol. The number of hydrogen-bond donors (Lipinski definition) is 0. The number of carbonyl (C=O) groups excluding carboxylic acids is 2. The lowest BCUT2D eigenvalue weighted by atomic mass is 10.1. The van der Waals surface area contributed by atoms with Crippen molar-refractivity contribution in [3.05, 3.63) is 108 Å². The van der Waals surface area contributed by atoms with Crippen LogP contribution in [0.2, 0.25) is 0 Å². The quantitative estimate of drug-likeness (QED) is 0.0691. The molecule has 0 spiro atoms. The van der Waals surface area contributed by atoms with Gasteiger partial charge in [-0.3, -0.25) is 9.59 Å². The molecule has 0 unspecified atom stereocenters. The highest BCUT2D eigenvalue weighted by Gasteiger charge is 2.22. The lowest BCUT2D eigenvalue weighted by molar-refractivity contribution is 0.0868. The molecule has 0 N–H and O–H groups in total. The van der Waals surface area contributed by atoms with Crippen LogP contribution in [0.5, 0.6) is 12.0 Å². The van der Waals surface area contributed by atoms with E-state index in [2.05, 4.69) is 44.0 Å². The molecule has 340 valence electrons. The number of carbonyl (C=O) groups is 2. The molecule has 64 heavy (non-hydrogen) atoms. The first-order valence-electron chi connectivity index (χ1n) is 22.6. The van der Waals surface area contributed by atoms with Crippen molar-refractivity contribution in [1.82, 2.24) is 19.1 Å². The van der Waals surface area contributed by atoms with Gasteiger partial charge in [0.15, 0.2) is 0 Å². The number of nitrogens with zero attached hydrogens (tertiary/aromatic N) is 6. The number of aryl methyl sites for hydroxylation is 2. The summed E-state index contributed by atoms with van der Waals surface area (Å²) in [6, 6.07) is 33.5. The van der Waals surface area contributed by atoms with E-state index in [1.165, 1.54) is 11.1 Å². The van der Waals surface area contributed by atoms with Crippen molar-refractivity contribution < 1.29 is 38.0 Å². The first-order valence-corrected chi connectivity index (χ1v) is 22.6. The molecule has 0 aliphatic carbocycles. The van der Waals surface area contributed by atoms with Crippen LogP contribution in [0.15, 0.2) is 97.1 Å². The maximum atomic E-state index is 13.3. The Bertz CT molecular complexity index is 2350. The van der Waals surface area contributed by atoms with Crippen LogP contribution in [0.25, 0.3) is 22.1 Å². The van der Waals surface area contributed by atoms with Crippen molar-refractivity contribution in [2.75, 3.05) is 103 Å². The van der Waals surface area contributed by atoms with Gasteiger partial charge in [0.1, 0.15) is 13.2 Å². The van der Waals surface area contributed by atoms with E-state index < -0.39 is 0 Å². The maximum Gasteiger partial charge on any atom is 0.304 e. The fourth-order valence-corrected chi connectivity index (χ4v) is 7.96. The van der Waals surface area contributed by atoms with Gasteiger partial charge in [-0.05, 0) is 86.1 Å². The lowest BCUT2D eigenvalue weighted by Crippen LogP contribution is -2.36. The smallest absolute Gasteiger partial charge is 0.304 e. The van der Waals surface area contributed by atoms with Crippen LogP contribution in [0.3, 0.4) is 0 Å². The normalized spacial score (nSPS) is 14.1. The zero-order valence-corrected chi connectivity index (χ0v) is 37.3. The van der Waals surface area contributed by atoms with Crippen molar-refractivity contribution in [2.24, 2.45) is 0 Å². The summed E-state index contributed by atoms with van der Waals surface area (Å²) < 4.78 is 36.0. The summed E-state index contributed by atoms with van der Waals surface area (Å²) in [6.45, 7) is 7.81. The summed E-state index contributed by atoms with van der Waals surface area (Å²) >= 11 is 0. The molecule has 6 aromatic rings. The van der Waals surface area contributed by atoms with E-state index in [9.17, 15) is 9.59 Å². The van der Waals surface area contributed by atoms with Gasteiger partial charge in [-0.2, -0.15) is 9.97 Å². The Morgan fingerprint density at radius 3 is 1.52 bits per heavy atom. The molecular formula is C50H62N6O8.